The summed E-state index contributed by atoms with van der Waals surface area (Å²) >= 11 is 6.11. The van der Waals surface area contributed by atoms with E-state index >= 15 is 0 Å². The molecule has 2 aliphatic rings. The Kier molecular flexibility index (Phi) is 6.36. The second-order valence-corrected chi connectivity index (χ2v) is 8.43. The molecule has 2 aromatic rings. The van der Waals surface area contributed by atoms with E-state index in [2.05, 4.69) is 15.9 Å². The molecule has 1 atom stereocenters. The normalized spacial score (nSPS) is 20.7. The van der Waals surface area contributed by atoms with Crippen LogP contribution in [0.4, 0.5) is 10.1 Å². The van der Waals surface area contributed by atoms with E-state index in [1.165, 1.54) is 12.1 Å². The predicted octanol–water partition coefficient (Wildman–Crippen LogP) is 4.04. The summed E-state index contributed by atoms with van der Waals surface area (Å²) in [5.41, 5.74) is 2.21. The number of anilines is 1. The van der Waals surface area contributed by atoms with Crippen molar-refractivity contribution in [2.45, 2.75) is 19.4 Å². The molecule has 4 nitrogen and oxygen atoms in total. The molecule has 0 aliphatic carbocycles. The summed E-state index contributed by atoms with van der Waals surface area (Å²) in [5.74, 6) is 0.124. The number of hydrogen-bond donors (Lipinski definition) is 0. The van der Waals surface area contributed by atoms with E-state index in [1.54, 1.807) is 0 Å². The summed E-state index contributed by atoms with van der Waals surface area (Å²) in [4.78, 5) is 19.7. The second-order valence-electron chi connectivity index (χ2n) is 7.99. The Balaban J connectivity index is 1.30. The van der Waals surface area contributed by atoms with Gasteiger partial charge in [0.1, 0.15) is 5.82 Å². The Bertz CT molecular complexity index is 836. The third-order valence-corrected chi connectivity index (χ3v) is 6.17. The van der Waals surface area contributed by atoms with Crippen LogP contribution in [-0.4, -0.2) is 55.0 Å². The number of likely N-dealkylation sites (tertiary alicyclic amines) is 1. The number of piperidine rings is 1. The van der Waals surface area contributed by atoms with Gasteiger partial charge in [-0.25, -0.2) is 4.39 Å². The third kappa shape index (κ3) is 5.09. The van der Waals surface area contributed by atoms with Crippen LogP contribution in [-0.2, 0) is 11.3 Å². The van der Waals surface area contributed by atoms with Crippen molar-refractivity contribution in [2.24, 2.45) is 5.92 Å². The molecule has 2 aromatic carbocycles. The van der Waals surface area contributed by atoms with Crippen molar-refractivity contribution in [1.82, 2.24) is 9.80 Å². The molecule has 154 valence electrons. The lowest BCUT2D eigenvalue weighted by Gasteiger charge is -2.39. The molecule has 6 heteroatoms. The zero-order chi connectivity index (χ0) is 20.2. The third-order valence-electron chi connectivity index (χ3n) is 5.94. The Morgan fingerprint density at radius 3 is 2.52 bits per heavy atom. The van der Waals surface area contributed by atoms with Gasteiger partial charge in [0.15, 0.2) is 0 Å². The van der Waals surface area contributed by atoms with Gasteiger partial charge >= 0.3 is 0 Å². The second kappa shape index (κ2) is 9.14. The monoisotopic (exact) mass is 415 g/mol. The fourth-order valence-electron chi connectivity index (χ4n) is 4.36. The highest BCUT2D eigenvalue weighted by molar-refractivity contribution is 6.30. The van der Waals surface area contributed by atoms with E-state index in [9.17, 15) is 9.18 Å². The highest BCUT2D eigenvalue weighted by Crippen LogP contribution is 2.24. The summed E-state index contributed by atoms with van der Waals surface area (Å²) in [6.45, 7) is 5.71. The number of halogens is 2. The zero-order valence-electron chi connectivity index (χ0n) is 16.6. The number of nitrogens with zero attached hydrogens (tertiary/aromatic N) is 3. The van der Waals surface area contributed by atoms with Crippen molar-refractivity contribution in [3.63, 3.8) is 0 Å². The van der Waals surface area contributed by atoms with Gasteiger partial charge in [-0.1, -0.05) is 29.8 Å². The zero-order valence-corrected chi connectivity index (χ0v) is 17.3. The summed E-state index contributed by atoms with van der Waals surface area (Å²) < 4.78 is 13.1. The molecule has 0 saturated carbocycles. The summed E-state index contributed by atoms with van der Waals surface area (Å²) in [7, 11) is 0. The number of carbonyl (C=O) groups is 1. The molecule has 2 fully saturated rings. The number of piperazine rings is 1. The Labute approximate surface area is 176 Å². The Morgan fingerprint density at radius 1 is 1.03 bits per heavy atom. The van der Waals surface area contributed by atoms with Gasteiger partial charge in [-0.3, -0.25) is 9.69 Å². The average molecular weight is 416 g/mol. The molecule has 0 bridgehead atoms. The number of amides is 1. The molecule has 0 N–H and O–H groups in total. The molecular formula is C23H27ClFN3O. The fourth-order valence-corrected chi connectivity index (χ4v) is 4.55. The van der Waals surface area contributed by atoms with Crippen LogP contribution in [0.3, 0.4) is 0 Å². The smallest absolute Gasteiger partial charge is 0.227 e. The fraction of sp³-hybridized carbons (Fsp3) is 0.435. The molecule has 2 saturated heterocycles. The predicted molar refractivity (Wildman–Crippen MR) is 115 cm³/mol. The van der Waals surface area contributed by atoms with Crippen LogP contribution >= 0.6 is 11.6 Å². The van der Waals surface area contributed by atoms with Gasteiger partial charge in [-0.15, -0.1) is 0 Å². The number of hydrogen-bond acceptors (Lipinski definition) is 3. The molecule has 2 heterocycles. The van der Waals surface area contributed by atoms with Crippen LogP contribution in [0.2, 0.25) is 5.02 Å². The van der Waals surface area contributed by atoms with Gasteiger partial charge in [0.05, 0.1) is 5.92 Å². The maximum absolute atomic E-state index is 13.1. The van der Waals surface area contributed by atoms with Crippen LogP contribution in [0.25, 0.3) is 0 Å². The van der Waals surface area contributed by atoms with Crippen LogP contribution < -0.4 is 4.90 Å². The molecule has 29 heavy (non-hydrogen) atoms. The first-order valence-corrected chi connectivity index (χ1v) is 10.7. The van der Waals surface area contributed by atoms with Crippen LogP contribution in [0.1, 0.15) is 18.4 Å². The van der Waals surface area contributed by atoms with Crippen molar-refractivity contribution >= 4 is 23.2 Å². The minimum absolute atomic E-state index is 0.0573. The van der Waals surface area contributed by atoms with Gasteiger partial charge in [0, 0.05) is 50.0 Å². The van der Waals surface area contributed by atoms with Crippen LogP contribution in [0.15, 0.2) is 48.5 Å². The summed E-state index contributed by atoms with van der Waals surface area (Å²) in [6, 6.07) is 14.6. The van der Waals surface area contributed by atoms with Gasteiger partial charge in [0.25, 0.3) is 0 Å². The van der Waals surface area contributed by atoms with Gasteiger partial charge < -0.3 is 9.80 Å². The van der Waals surface area contributed by atoms with Crippen LogP contribution in [0, 0.1) is 11.7 Å². The Hall–Kier alpha value is -2.11. The van der Waals surface area contributed by atoms with Crippen molar-refractivity contribution in [3.8, 4) is 0 Å². The standard InChI is InChI=1S/C23H27ClFN3O/c24-20-4-1-5-22(15-20)27-11-13-28(14-12-27)23(29)19-3-2-10-26(17-19)16-18-6-8-21(25)9-7-18/h1,4-9,15,19H,2-3,10-14,16-17H2/t19-/m1/s1. The van der Waals surface area contributed by atoms with E-state index in [0.29, 0.717) is 0 Å². The quantitative estimate of drug-likeness (QED) is 0.754. The largest absolute Gasteiger partial charge is 0.368 e. The minimum atomic E-state index is -0.211. The molecule has 0 spiro atoms. The highest BCUT2D eigenvalue weighted by atomic mass is 35.5. The molecule has 0 unspecified atom stereocenters. The average Bonchev–Trinajstić information content (AvgIpc) is 2.75. The van der Waals surface area contributed by atoms with Gasteiger partial charge in [-0.2, -0.15) is 0 Å². The number of carbonyl (C=O) groups excluding carboxylic acids is 1. The SMILES string of the molecule is O=C([C@@H]1CCCN(Cc2ccc(F)cc2)C1)N1CCN(c2cccc(Cl)c2)CC1. The first-order chi connectivity index (χ1) is 14.1. The van der Waals surface area contributed by atoms with Crippen molar-refractivity contribution in [2.75, 3.05) is 44.2 Å². The molecule has 4 rings (SSSR count). The van der Waals surface area contributed by atoms with E-state index in [1.807, 2.05) is 35.2 Å². The topological polar surface area (TPSA) is 26.8 Å². The van der Waals surface area contributed by atoms with Gasteiger partial charge in [-0.05, 0) is 55.3 Å². The molecule has 2 aliphatic heterocycles. The van der Waals surface area contributed by atoms with Crippen LogP contribution in [0.5, 0.6) is 0 Å². The molecule has 1 amide bonds. The lowest BCUT2D eigenvalue weighted by atomic mass is 9.95. The minimum Gasteiger partial charge on any atom is -0.368 e. The van der Waals surface area contributed by atoms with Gasteiger partial charge in [0.2, 0.25) is 5.91 Å². The first-order valence-electron chi connectivity index (χ1n) is 10.3. The highest BCUT2D eigenvalue weighted by Gasteiger charge is 2.31. The number of benzene rings is 2. The summed E-state index contributed by atoms with van der Waals surface area (Å²) in [5, 5.41) is 0.740. The lowest BCUT2D eigenvalue weighted by molar-refractivity contribution is -0.137. The maximum Gasteiger partial charge on any atom is 0.227 e. The van der Waals surface area contributed by atoms with E-state index in [4.69, 9.17) is 11.6 Å². The van der Waals surface area contributed by atoms with Crippen molar-refractivity contribution < 1.29 is 9.18 Å². The van der Waals surface area contributed by atoms with E-state index < -0.39 is 0 Å². The van der Waals surface area contributed by atoms with E-state index in [0.717, 1.165) is 74.9 Å². The lowest BCUT2D eigenvalue weighted by Crippen LogP contribution is -2.52. The first kappa shape index (κ1) is 20.2. The summed E-state index contributed by atoms with van der Waals surface area (Å²) in [6.07, 6.45) is 1.98. The molecular weight excluding hydrogens is 389 g/mol. The molecule has 0 radical (unpaired) electrons. The van der Waals surface area contributed by atoms with Crippen molar-refractivity contribution in [3.05, 3.63) is 64.9 Å². The Morgan fingerprint density at radius 2 is 1.79 bits per heavy atom. The van der Waals surface area contributed by atoms with E-state index in [-0.39, 0.29) is 17.6 Å². The number of rotatable bonds is 4. The van der Waals surface area contributed by atoms with Crippen molar-refractivity contribution in [1.29, 1.82) is 0 Å². The maximum atomic E-state index is 13.1. The molecule has 0 aromatic heterocycles.